The van der Waals surface area contributed by atoms with E-state index >= 15 is 0 Å². The van der Waals surface area contributed by atoms with Crippen molar-refractivity contribution in [2.24, 2.45) is 0 Å². The topological polar surface area (TPSA) is 41.5 Å². The average molecular weight is 237 g/mol. The Morgan fingerprint density at radius 2 is 2.12 bits per heavy atom. The zero-order chi connectivity index (χ0) is 12.9. The fourth-order valence-electron chi connectivity index (χ4n) is 1.46. The predicted molar refractivity (Wildman–Crippen MR) is 70.3 cm³/mol. The number of hydrogen-bond donors (Lipinski definition) is 2. The fraction of sp³-hybridized carbons (Fsp3) is 0.571. The van der Waals surface area contributed by atoms with Crippen molar-refractivity contribution in [3.63, 3.8) is 0 Å². The Kier molecular flexibility index (Phi) is 4.97. The Hall–Kier alpha value is -1.06. The molecule has 0 aliphatic rings. The lowest BCUT2D eigenvalue weighted by Gasteiger charge is -2.17. The number of rotatable bonds is 6. The Morgan fingerprint density at radius 1 is 1.41 bits per heavy atom. The van der Waals surface area contributed by atoms with Crippen LogP contribution < -0.4 is 10.1 Å². The molecule has 1 unspecified atom stereocenters. The molecular formula is C14H23NO2. The minimum absolute atomic E-state index is 0.313. The molecule has 0 radical (unpaired) electrons. The molecule has 1 rings (SSSR count). The van der Waals surface area contributed by atoms with Gasteiger partial charge in [0.25, 0.3) is 0 Å². The minimum Gasteiger partial charge on any atom is -0.493 e. The van der Waals surface area contributed by atoms with E-state index in [1.807, 2.05) is 25.2 Å². The molecule has 0 spiro atoms. The van der Waals surface area contributed by atoms with E-state index in [0.717, 1.165) is 5.75 Å². The van der Waals surface area contributed by atoms with Gasteiger partial charge in [-0.05, 0) is 45.5 Å². The quantitative estimate of drug-likeness (QED) is 0.798. The second-order valence-corrected chi connectivity index (χ2v) is 4.99. The van der Waals surface area contributed by atoms with Crippen molar-refractivity contribution in [1.29, 1.82) is 0 Å². The Labute approximate surface area is 104 Å². The number of hydrogen-bond acceptors (Lipinski definition) is 3. The Balaban J connectivity index is 2.54. The van der Waals surface area contributed by atoms with Crippen molar-refractivity contribution in [2.45, 2.75) is 38.8 Å². The third-order valence-corrected chi connectivity index (χ3v) is 2.77. The van der Waals surface area contributed by atoms with Crippen LogP contribution in [0.1, 0.15) is 38.8 Å². The van der Waals surface area contributed by atoms with Gasteiger partial charge in [0.05, 0.1) is 12.2 Å². The molecule has 0 aliphatic carbocycles. The minimum atomic E-state index is -0.671. The van der Waals surface area contributed by atoms with E-state index in [9.17, 15) is 5.11 Å². The first-order valence-corrected chi connectivity index (χ1v) is 6.05. The first-order chi connectivity index (χ1) is 7.92. The summed E-state index contributed by atoms with van der Waals surface area (Å²) >= 11 is 0. The van der Waals surface area contributed by atoms with Gasteiger partial charge in [0.1, 0.15) is 5.75 Å². The van der Waals surface area contributed by atoms with Crippen LogP contribution in [0.2, 0.25) is 0 Å². The maximum Gasteiger partial charge on any atom is 0.119 e. The van der Waals surface area contributed by atoms with Crippen molar-refractivity contribution in [1.82, 2.24) is 5.32 Å². The van der Waals surface area contributed by atoms with Crippen molar-refractivity contribution in [2.75, 3.05) is 13.7 Å². The molecule has 1 atom stereocenters. The third-order valence-electron chi connectivity index (χ3n) is 2.77. The number of benzene rings is 1. The van der Waals surface area contributed by atoms with E-state index in [2.05, 4.69) is 18.3 Å². The van der Waals surface area contributed by atoms with E-state index in [1.54, 1.807) is 13.8 Å². The lowest BCUT2D eigenvalue weighted by molar-refractivity contribution is 0.0553. The Morgan fingerprint density at radius 3 is 2.71 bits per heavy atom. The molecule has 3 heteroatoms. The molecule has 0 fully saturated rings. The molecule has 17 heavy (non-hydrogen) atoms. The lowest BCUT2D eigenvalue weighted by atomic mass is 10.1. The van der Waals surface area contributed by atoms with Gasteiger partial charge >= 0.3 is 0 Å². The second kappa shape index (κ2) is 6.03. The van der Waals surface area contributed by atoms with E-state index in [-0.39, 0.29) is 0 Å². The summed E-state index contributed by atoms with van der Waals surface area (Å²) in [4.78, 5) is 0. The molecule has 0 heterocycles. The molecular weight excluding hydrogens is 214 g/mol. The van der Waals surface area contributed by atoms with Crippen LogP contribution in [-0.4, -0.2) is 24.4 Å². The van der Waals surface area contributed by atoms with Crippen LogP contribution in [0.25, 0.3) is 0 Å². The van der Waals surface area contributed by atoms with Crippen LogP contribution in [0, 0.1) is 0 Å². The molecule has 1 aromatic carbocycles. The normalized spacial score (nSPS) is 13.5. The predicted octanol–water partition coefficient (Wildman–Crippen LogP) is 2.51. The highest BCUT2D eigenvalue weighted by Gasteiger charge is 2.12. The van der Waals surface area contributed by atoms with Gasteiger partial charge in [-0.15, -0.1) is 0 Å². The molecule has 96 valence electrons. The third kappa shape index (κ3) is 5.20. The maximum atomic E-state index is 9.59. The van der Waals surface area contributed by atoms with Crippen LogP contribution in [0.15, 0.2) is 24.3 Å². The highest BCUT2D eigenvalue weighted by molar-refractivity contribution is 5.30. The highest BCUT2D eigenvalue weighted by atomic mass is 16.5. The van der Waals surface area contributed by atoms with Gasteiger partial charge in [0.15, 0.2) is 0 Å². The van der Waals surface area contributed by atoms with Crippen molar-refractivity contribution in [3.05, 3.63) is 29.8 Å². The summed E-state index contributed by atoms with van der Waals surface area (Å²) in [6.07, 6.45) is 0.624. The monoisotopic (exact) mass is 237 g/mol. The van der Waals surface area contributed by atoms with Crippen LogP contribution in [0.3, 0.4) is 0 Å². The van der Waals surface area contributed by atoms with E-state index in [4.69, 9.17) is 4.74 Å². The van der Waals surface area contributed by atoms with Crippen LogP contribution in [0.5, 0.6) is 5.75 Å². The summed E-state index contributed by atoms with van der Waals surface area (Å²) in [7, 11) is 1.94. The molecule has 0 amide bonds. The standard InChI is InChI=1S/C14H23NO2/c1-11(15-4)12-6-5-7-13(10-12)17-9-8-14(2,3)16/h5-7,10-11,15-16H,8-9H2,1-4H3. The molecule has 0 saturated carbocycles. The first-order valence-electron chi connectivity index (χ1n) is 6.05. The summed E-state index contributed by atoms with van der Waals surface area (Å²) < 4.78 is 5.63. The summed E-state index contributed by atoms with van der Waals surface area (Å²) in [5.74, 6) is 0.855. The second-order valence-electron chi connectivity index (χ2n) is 4.99. The van der Waals surface area contributed by atoms with Crippen LogP contribution in [-0.2, 0) is 0 Å². The highest BCUT2D eigenvalue weighted by Crippen LogP contribution is 2.19. The zero-order valence-electron chi connectivity index (χ0n) is 11.2. The largest absolute Gasteiger partial charge is 0.493 e. The lowest BCUT2D eigenvalue weighted by Crippen LogP contribution is -2.21. The van der Waals surface area contributed by atoms with Crippen molar-refractivity contribution >= 4 is 0 Å². The fourth-order valence-corrected chi connectivity index (χ4v) is 1.46. The van der Waals surface area contributed by atoms with Gasteiger partial charge < -0.3 is 15.2 Å². The van der Waals surface area contributed by atoms with Crippen molar-refractivity contribution in [3.8, 4) is 5.75 Å². The number of aliphatic hydroxyl groups is 1. The van der Waals surface area contributed by atoms with Crippen LogP contribution in [0.4, 0.5) is 0 Å². The molecule has 3 nitrogen and oxygen atoms in total. The molecule has 1 aromatic rings. The molecule has 0 saturated heterocycles. The summed E-state index contributed by atoms with van der Waals surface area (Å²) in [5, 5.41) is 12.8. The molecule has 0 bridgehead atoms. The SMILES string of the molecule is CNC(C)c1cccc(OCCC(C)(C)O)c1. The summed E-state index contributed by atoms with van der Waals surface area (Å²) in [6, 6.07) is 8.35. The zero-order valence-corrected chi connectivity index (χ0v) is 11.2. The summed E-state index contributed by atoms with van der Waals surface area (Å²) in [6.45, 7) is 6.21. The molecule has 0 aromatic heterocycles. The van der Waals surface area contributed by atoms with Gasteiger partial charge in [-0.3, -0.25) is 0 Å². The molecule has 0 aliphatic heterocycles. The number of ether oxygens (including phenoxy) is 1. The number of nitrogens with one attached hydrogen (secondary N) is 1. The maximum absolute atomic E-state index is 9.59. The summed E-state index contributed by atoms with van der Waals surface area (Å²) in [5.41, 5.74) is 0.531. The average Bonchev–Trinajstić information content (AvgIpc) is 2.27. The van der Waals surface area contributed by atoms with Gasteiger partial charge in [-0.25, -0.2) is 0 Å². The van der Waals surface area contributed by atoms with Crippen molar-refractivity contribution < 1.29 is 9.84 Å². The van der Waals surface area contributed by atoms with Gasteiger partial charge in [0, 0.05) is 12.5 Å². The Bertz CT molecular complexity index is 344. The van der Waals surface area contributed by atoms with E-state index in [1.165, 1.54) is 5.56 Å². The van der Waals surface area contributed by atoms with Gasteiger partial charge in [0.2, 0.25) is 0 Å². The van der Waals surface area contributed by atoms with Crippen LogP contribution >= 0.6 is 0 Å². The molecule has 2 N–H and O–H groups in total. The van der Waals surface area contributed by atoms with E-state index < -0.39 is 5.60 Å². The first kappa shape index (κ1) is 14.0. The van der Waals surface area contributed by atoms with E-state index in [0.29, 0.717) is 19.1 Å². The van der Waals surface area contributed by atoms with Gasteiger partial charge in [-0.2, -0.15) is 0 Å². The van der Waals surface area contributed by atoms with Gasteiger partial charge in [-0.1, -0.05) is 12.1 Å². The smallest absolute Gasteiger partial charge is 0.119 e.